The van der Waals surface area contributed by atoms with E-state index in [0.29, 0.717) is 6.42 Å². The maximum Gasteiger partial charge on any atom is 0.303 e. The summed E-state index contributed by atoms with van der Waals surface area (Å²) in [6.45, 7) is 1.81. The number of rotatable bonds is 11. The molecule has 5 nitrogen and oxygen atoms in total. The molecule has 1 amide bonds. The fraction of sp³-hybridized carbons (Fsp3) is 0.818. The van der Waals surface area contributed by atoms with E-state index in [-0.39, 0.29) is 12.3 Å². The molecule has 0 fully saturated rings. The van der Waals surface area contributed by atoms with Crippen LogP contribution in [0.4, 0.5) is 0 Å². The number of nitrogens with two attached hydrogens (primary N) is 1. The number of carboxylic acid groups (broad SMARTS) is 1. The first-order valence-electron chi connectivity index (χ1n) is 5.83. The van der Waals surface area contributed by atoms with Gasteiger partial charge in [-0.05, 0) is 38.8 Å². The molecule has 0 spiro atoms. The Balaban J connectivity index is 2.98. The van der Waals surface area contributed by atoms with E-state index < -0.39 is 5.97 Å². The maximum atomic E-state index is 10.4. The van der Waals surface area contributed by atoms with E-state index >= 15 is 0 Å². The van der Waals surface area contributed by atoms with Gasteiger partial charge in [0, 0.05) is 12.8 Å². The second-order valence-electron chi connectivity index (χ2n) is 3.88. The molecule has 0 aliphatic rings. The number of amides is 1. The molecular formula is C11H22N2O3. The second-order valence-corrected chi connectivity index (χ2v) is 3.88. The average Bonchev–Trinajstić information content (AvgIpc) is 2.20. The SMILES string of the molecule is NC(=O)CCCCNCCCCCC(=O)O. The lowest BCUT2D eigenvalue weighted by Crippen LogP contribution is -2.17. The number of nitrogens with one attached hydrogen (secondary N) is 1. The van der Waals surface area contributed by atoms with Crippen LogP contribution in [0.5, 0.6) is 0 Å². The van der Waals surface area contributed by atoms with Gasteiger partial charge < -0.3 is 16.2 Å². The van der Waals surface area contributed by atoms with Gasteiger partial charge >= 0.3 is 5.97 Å². The number of unbranched alkanes of at least 4 members (excludes halogenated alkanes) is 3. The van der Waals surface area contributed by atoms with Gasteiger partial charge in [-0.3, -0.25) is 9.59 Å². The molecule has 0 saturated heterocycles. The Kier molecular flexibility index (Phi) is 9.70. The van der Waals surface area contributed by atoms with Crippen molar-refractivity contribution in [3.05, 3.63) is 0 Å². The normalized spacial score (nSPS) is 10.2. The highest BCUT2D eigenvalue weighted by atomic mass is 16.4. The van der Waals surface area contributed by atoms with Crippen molar-refractivity contribution >= 4 is 11.9 Å². The molecule has 0 bridgehead atoms. The van der Waals surface area contributed by atoms with Crippen molar-refractivity contribution in [3.8, 4) is 0 Å². The van der Waals surface area contributed by atoms with Crippen LogP contribution >= 0.6 is 0 Å². The molecule has 0 aromatic carbocycles. The van der Waals surface area contributed by atoms with Crippen molar-refractivity contribution in [2.45, 2.75) is 44.9 Å². The molecule has 5 heteroatoms. The molecule has 16 heavy (non-hydrogen) atoms. The van der Waals surface area contributed by atoms with Crippen molar-refractivity contribution in [1.82, 2.24) is 5.32 Å². The Hall–Kier alpha value is -1.10. The van der Waals surface area contributed by atoms with Crippen LogP contribution in [0.25, 0.3) is 0 Å². The predicted octanol–water partition coefficient (Wildman–Crippen LogP) is 0.877. The molecule has 0 aromatic heterocycles. The summed E-state index contributed by atoms with van der Waals surface area (Å²) in [5.41, 5.74) is 5.01. The molecule has 0 saturated carbocycles. The van der Waals surface area contributed by atoms with Crippen LogP contribution in [0.15, 0.2) is 0 Å². The molecule has 0 heterocycles. The molecule has 0 aliphatic carbocycles. The predicted molar refractivity (Wildman–Crippen MR) is 62.0 cm³/mol. The second kappa shape index (κ2) is 10.4. The fourth-order valence-corrected chi connectivity index (χ4v) is 1.38. The summed E-state index contributed by atoms with van der Waals surface area (Å²) >= 11 is 0. The summed E-state index contributed by atoms with van der Waals surface area (Å²) in [4.78, 5) is 20.6. The third kappa shape index (κ3) is 12.9. The lowest BCUT2D eigenvalue weighted by molar-refractivity contribution is -0.137. The van der Waals surface area contributed by atoms with Crippen molar-refractivity contribution in [2.75, 3.05) is 13.1 Å². The average molecular weight is 230 g/mol. The maximum absolute atomic E-state index is 10.4. The molecule has 94 valence electrons. The third-order valence-corrected chi connectivity index (χ3v) is 2.27. The van der Waals surface area contributed by atoms with Crippen LogP contribution in [-0.4, -0.2) is 30.1 Å². The van der Waals surface area contributed by atoms with Crippen molar-refractivity contribution in [1.29, 1.82) is 0 Å². The number of carbonyl (C=O) groups is 2. The number of primary amides is 1. The van der Waals surface area contributed by atoms with Gasteiger partial charge in [0.25, 0.3) is 0 Å². The molecule has 0 rings (SSSR count). The lowest BCUT2D eigenvalue weighted by atomic mass is 10.2. The van der Waals surface area contributed by atoms with E-state index in [4.69, 9.17) is 10.8 Å². The molecule has 0 atom stereocenters. The number of hydrogen-bond acceptors (Lipinski definition) is 3. The summed E-state index contributed by atoms with van der Waals surface area (Å²) in [6, 6.07) is 0. The summed E-state index contributed by atoms with van der Waals surface area (Å²) in [6.07, 6.45) is 5.21. The Labute approximate surface area is 96.4 Å². The van der Waals surface area contributed by atoms with Crippen LogP contribution in [0.1, 0.15) is 44.9 Å². The minimum atomic E-state index is -0.723. The summed E-state index contributed by atoms with van der Waals surface area (Å²) in [5.74, 6) is -0.965. The van der Waals surface area contributed by atoms with E-state index in [0.717, 1.165) is 45.2 Å². The Morgan fingerprint density at radius 3 is 2.06 bits per heavy atom. The summed E-state index contributed by atoms with van der Waals surface area (Å²) in [5, 5.41) is 11.7. The standard InChI is InChI=1S/C11H22N2O3/c12-10(14)6-3-5-9-13-8-4-1-2-7-11(15)16/h13H,1-9H2,(H2,12,14)(H,15,16). The number of hydrogen-bond donors (Lipinski definition) is 3. The topological polar surface area (TPSA) is 92.4 Å². The first-order valence-corrected chi connectivity index (χ1v) is 5.83. The van der Waals surface area contributed by atoms with Gasteiger partial charge in [0.15, 0.2) is 0 Å². The van der Waals surface area contributed by atoms with Crippen molar-refractivity contribution in [2.24, 2.45) is 5.73 Å². The van der Waals surface area contributed by atoms with E-state index in [1.165, 1.54) is 0 Å². The first kappa shape index (κ1) is 14.9. The van der Waals surface area contributed by atoms with Gasteiger partial charge in [-0.25, -0.2) is 0 Å². The zero-order valence-electron chi connectivity index (χ0n) is 9.71. The highest BCUT2D eigenvalue weighted by Gasteiger charge is 1.96. The van der Waals surface area contributed by atoms with Crippen LogP contribution in [-0.2, 0) is 9.59 Å². The Morgan fingerprint density at radius 2 is 1.50 bits per heavy atom. The molecule has 0 radical (unpaired) electrons. The minimum absolute atomic E-state index is 0.242. The highest BCUT2D eigenvalue weighted by Crippen LogP contribution is 1.98. The lowest BCUT2D eigenvalue weighted by Gasteiger charge is -2.03. The molecule has 0 aliphatic heterocycles. The molecule has 4 N–H and O–H groups in total. The van der Waals surface area contributed by atoms with E-state index in [1.807, 2.05) is 0 Å². The molecular weight excluding hydrogens is 208 g/mol. The van der Waals surface area contributed by atoms with Gasteiger partial charge in [-0.1, -0.05) is 6.42 Å². The van der Waals surface area contributed by atoms with Gasteiger partial charge in [0.1, 0.15) is 0 Å². The third-order valence-electron chi connectivity index (χ3n) is 2.27. The van der Waals surface area contributed by atoms with Crippen molar-refractivity contribution in [3.63, 3.8) is 0 Å². The highest BCUT2D eigenvalue weighted by molar-refractivity contribution is 5.73. The van der Waals surface area contributed by atoms with E-state index in [1.54, 1.807) is 0 Å². The van der Waals surface area contributed by atoms with E-state index in [9.17, 15) is 9.59 Å². The van der Waals surface area contributed by atoms with Crippen LogP contribution in [0.2, 0.25) is 0 Å². The zero-order valence-corrected chi connectivity index (χ0v) is 9.71. The van der Waals surface area contributed by atoms with Crippen molar-refractivity contribution < 1.29 is 14.7 Å². The fourth-order valence-electron chi connectivity index (χ4n) is 1.38. The van der Waals surface area contributed by atoms with Crippen LogP contribution in [0, 0.1) is 0 Å². The van der Waals surface area contributed by atoms with Gasteiger partial charge in [-0.15, -0.1) is 0 Å². The van der Waals surface area contributed by atoms with Gasteiger partial charge in [0.2, 0.25) is 5.91 Å². The zero-order chi connectivity index (χ0) is 12.2. The molecule has 0 unspecified atom stereocenters. The smallest absolute Gasteiger partial charge is 0.303 e. The largest absolute Gasteiger partial charge is 0.481 e. The van der Waals surface area contributed by atoms with Gasteiger partial charge in [-0.2, -0.15) is 0 Å². The monoisotopic (exact) mass is 230 g/mol. The Bertz CT molecular complexity index is 185. The number of carboxylic acids is 1. The summed E-state index contributed by atoms with van der Waals surface area (Å²) < 4.78 is 0. The first-order chi connectivity index (χ1) is 7.63. The van der Waals surface area contributed by atoms with Crippen LogP contribution < -0.4 is 11.1 Å². The number of aliphatic carboxylic acids is 1. The van der Waals surface area contributed by atoms with Crippen LogP contribution in [0.3, 0.4) is 0 Å². The molecule has 0 aromatic rings. The number of carbonyl (C=O) groups excluding carboxylic acids is 1. The van der Waals surface area contributed by atoms with E-state index in [2.05, 4.69) is 5.32 Å². The summed E-state index contributed by atoms with van der Waals surface area (Å²) in [7, 11) is 0. The quantitative estimate of drug-likeness (QED) is 0.459. The minimum Gasteiger partial charge on any atom is -0.481 e. The Morgan fingerprint density at radius 1 is 0.938 bits per heavy atom. The van der Waals surface area contributed by atoms with Gasteiger partial charge in [0.05, 0.1) is 0 Å².